The molecule has 0 saturated carbocycles. The number of carbonyl (C=O) groups is 1. The summed E-state index contributed by atoms with van der Waals surface area (Å²) in [5.41, 5.74) is -0.393. The Bertz CT molecular complexity index is 488. The fourth-order valence-corrected chi connectivity index (χ4v) is 3.41. The van der Waals surface area contributed by atoms with E-state index in [0.29, 0.717) is 6.61 Å². The summed E-state index contributed by atoms with van der Waals surface area (Å²) in [7, 11) is 0. The Morgan fingerprint density at radius 3 is 2.71 bits per heavy atom. The summed E-state index contributed by atoms with van der Waals surface area (Å²) in [6.07, 6.45) is 8.05. The maximum absolute atomic E-state index is 11.6. The zero-order valence-electron chi connectivity index (χ0n) is 13.7. The first kappa shape index (κ1) is 21.0. The summed E-state index contributed by atoms with van der Waals surface area (Å²) >= 11 is 0. The van der Waals surface area contributed by atoms with Crippen molar-refractivity contribution in [1.82, 2.24) is 20.1 Å². The Hall–Kier alpha value is -1.08. The van der Waals surface area contributed by atoms with E-state index in [4.69, 9.17) is 4.74 Å². The molecule has 1 N–H and O–H groups in total. The van der Waals surface area contributed by atoms with Crippen LogP contribution in [0.1, 0.15) is 19.3 Å². The minimum Gasteiger partial charge on any atom is -0.488 e. The average molecular weight is 377 g/mol. The van der Waals surface area contributed by atoms with E-state index in [2.05, 4.69) is 15.2 Å². The Labute approximate surface area is 155 Å². The van der Waals surface area contributed by atoms with Crippen molar-refractivity contribution in [2.24, 2.45) is 0 Å². The number of hydrogen-bond acceptors (Lipinski definition) is 5. The molecule has 2 aliphatic heterocycles. The molecule has 1 aromatic heterocycles. The highest BCUT2D eigenvalue weighted by Gasteiger charge is 2.44. The van der Waals surface area contributed by atoms with Crippen molar-refractivity contribution >= 4 is 31.2 Å². The Balaban J connectivity index is 0.00000144. The van der Waals surface area contributed by atoms with Gasteiger partial charge in [-0.25, -0.2) is 0 Å². The van der Waals surface area contributed by atoms with Crippen LogP contribution in [0.2, 0.25) is 0 Å². The van der Waals surface area contributed by atoms with Crippen LogP contribution in [0.3, 0.4) is 0 Å². The average Bonchev–Trinajstić information content (AvgIpc) is 2.62. The fraction of sp³-hybridized carbons (Fsp3) is 0.625. The zero-order chi connectivity index (χ0) is 15.3. The second-order valence-corrected chi connectivity index (χ2v) is 5.98. The summed E-state index contributed by atoms with van der Waals surface area (Å²) in [6, 6.07) is 3.76. The van der Waals surface area contributed by atoms with Gasteiger partial charge in [0.1, 0.15) is 18.0 Å². The van der Waals surface area contributed by atoms with Gasteiger partial charge in [-0.15, -0.1) is 24.8 Å². The Morgan fingerprint density at radius 1 is 1.25 bits per heavy atom. The molecule has 2 aliphatic rings. The van der Waals surface area contributed by atoms with E-state index in [1.54, 1.807) is 12.4 Å². The monoisotopic (exact) mass is 376 g/mol. The van der Waals surface area contributed by atoms with Crippen LogP contribution in [-0.2, 0) is 4.79 Å². The molecule has 24 heavy (non-hydrogen) atoms. The summed E-state index contributed by atoms with van der Waals surface area (Å²) in [6.45, 7) is 4.79. The molecule has 0 spiro atoms. The predicted octanol–water partition coefficient (Wildman–Crippen LogP) is 1.55. The lowest BCUT2D eigenvalue weighted by atomic mass is 10.00. The molecule has 0 radical (unpaired) electrons. The highest BCUT2D eigenvalue weighted by atomic mass is 35.5. The topological polar surface area (TPSA) is 57.7 Å². The standard InChI is InChI=1S/C16H24N4O2.2ClH/c21-14-20-10-7-18-12-16(20,19-8-2-1-3-9-19)13-22-15-5-4-6-17-11-15;;/h4-6,11,14,18H,1-3,7-10,12-13H2;2*1H. The molecule has 6 nitrogen and oxygen atoms in total. The third kappa shape index (κ3) is 4.51. The van der Waals surface area contributed by atoms with Gasteiger partial charge >= 0.3 is 0 Å². The van der Waals surface area contributed by atoms with Gasteiger partial charge in [-0.05, 0) is 25.0 Å². The van der Waals surface area contributed by atoms with Crippen molar-refractivity contribution in [3.63, 3.8) is 0 Å². The molecule has 0 bridgehead atoms. The number of halogens is 2. The first-order chi connectivity index (χ1) is 10.8. The number of carbonyl (C=O) groups excluding carboxylic acids is 1. The number of piperazine rings is 1. The Morgan fingerprint density at radius 2 is 2.04 bits per heavy atom. The summed E-state index contributed by atoms with van der Waals surface area (Å²) in [4.78, 5) is 20.0. The van der Waals surface area contributed by atoms with Gasteiger partial charge in [0, 0.05) is 38.9 Å². The van der Waals surface area contributed by atoms with Crippen molar-refractivity contribution in [3.05, 3.63) is 24.5 Å². The van der Waals surface area contributed by atoms with Crippen LogP contribution in [0.25, 0.3) is 0 Å². The number of hydrogen-bond donors (Lipinski definition) is 1. The summed E-state index contributed by atoms with van der Waals surface area (Å²) < 4.78 is 5.99. The number of likely N-dealkylation sites (tertiary alicyclic amines) is 1. The van der Waals surface area contributed by atoms with E-state index in [9.17, 15) is 4.79 Å². The van der Waals surface area contributed by atoms with Gasteiger partial charge in [0.2, 0.25) is 6.41 Å². The van der Waals surface area contributed by atoms with Crippen LogP contribution in [-0.4, -0.2) is 66.2 Å². The van der Waals surface area contributed by atoms with Crippen LogP contribution in [0.15, 0.2) is 24.5 Å². The van der Waals surface area contributed by atoms with Gasteiger partial charge in [0.15, 0.2) is 0 Å². The predicted molar refractivity (Wildman–Crippen MR) is 98.0 cm³/mol. The van der Waals surface area contributed by atoms with Crippen molar-refractivity contribution in [2.45, 2.75) is 24.9 Å². The van der Waals surface area contributed by atoms with Crippen molar-refractivity contribution in [1.29, 1.82) is 0 Å². The summed E-state index contributed by atoms with van der Waals surface area (Å²) in [5, 5.41) is 3.44. The van der Waals surface area contributed by atoms with E-state index >= 15 is 0 Å². The number of rotatable bonds is 5. The molecule has 2 fully saturated rings. The third-order valence-electron chi connectivity index (χ3n) is 4.65. The molecule has 2 saturated heterocycles. The van der Waals surface area contributed by atoms with E-state index < -0.39 is 5.66 Å². The van der Waals surface area contributed by atoms with Gasteiger partial charge in [-0.2, -0.15) is 0 Å². The molecule has 1 amide bonds. The minimum absolute atomic E-state index is 0. The molecule has 1 aromatic rings. The highest BCUT2D eigenvalue weighted by molar-refractivity contribution is 5.85. The van der Waals surface area contributed by atoms with Crippen molar-refractivity contribution in [2.75, 3.05) is 39.3 Å². The SMILES string of the molecule is Cl.Cl.O=CN1CCNCC1(COc1cccnc1)N1CCCCC1. The number of nitrogens with zero attached hydrogens (tertiary/aromatic N) is 3. The van der Waals surface area contributed by atoms with E-state index in [1.807, 2.05) is 17.0 Å². The van der Waals surface area contributed by atoms with Crippen LogP contribution in [0.5, 0.6) is 5.75 Å². The van der Waals surface area contributed by atoms with E-state index in [-0.39, 0.29) is 24.8 Å². The lowest BCUT2D eigenvalue weighted by molar-refractivity contribution is -0.145. The van der Waals surface area contributed by atoms with Gasteiger partial charge in [0.25, 0.3) is 0 Å². The molecule has 1 unspecified atom stereocenters. The van der Waals surface area contributed by atoms with Gasteiger partial charge in [-0.1, -0.05) is 6.42 Å². The van der Waals surface area contributed by atoms with E-state index in [0.717, 1.165) is 44.9 Å². The molecule has 3 rings (SSSR count). The quantitative estimate of drug-likeness (QED) is 0.790. The number of amides is 1. The van der Waals surface area contributed by atoms with Crippen LogP contribution in [0.4, 0.5) is 0 Å². The highest BCUT2D eigenvalue weighted by Crippen LogP contribution is 2.26. The van der Waals surface area contributed by atoms with Gasteiger partial charge < -0.3 is 15.0 Å². The number of aromatic nitrogens is 1. The number of nitrogens with one attached hydrogen (secondary N) is 1. The molecule has 1 atom stereocenters. The molecule has 136 valence electrons. The first-order valence-electron chi connectivity index (χ1n) is 8.06. The number of pyridine rings is 1. The molecular formula is C16H26Cl2N4O2. The smallest absolute Gasteiger partial charge is 0.211 e. The Kier molecular flexibility index (Phi) is 8.76. The van der Waals surface area contributed by atoms with Gasteiger partial charge in [0.05, 0.1) is 6.20 Å². The molecule has 0 aliphatic carbocycles. The lowest BCUT2D eigenvalue weighted by Crippen LogP contribution is -2.72. The maximum atomic E-state index is 11.6. The van der Waals surface area contributed by atoms with Crippen molar-refractivity contribution < 1.29 is 9.53 Å². The van der Waals surface area contributed by atoms with Crippen LogP contribution in [0, 0.1) is 0 Å². The second-order valence-electron chi connectivity index (χ2n) is 5.98. The molecule has 3 heterocycles. The maximum Gasteiger partial charge on any atom is 0.211 e. The van der Waals surface area contributed by atoms with Crippen LogP contribution >= 0.6 is 24.8 Å². The first-order valence-corrected chi connectivity index (χ1v) is 8.06. The normalized spacial score (nSPS) is 24.4. The molecular weight excluding hydrogens is 351 g/mol. The third-order valence-corrected chi connectivity index (χ3v) is 4.65. The zero-order valence-corrected chi connectivity index (χ0v) is 15.4. The number of piperidine rings is 1. The number of ether oxygens (including phenoxy) is 1. The van der Waals surface area contributed by atoms with E-state index in [1.165, 1.54) is 19.3 Å². The van der Waals surface area contributed by atoms with Crippen molar-refractivity contribution in [3.8, 4) is 5.75 Å². The second kappa shape index (κ2) is 10.0. The van der Waals surface area contributed by atoms with Gasteiger partial charge in [-0.3, -0.25) is 14.7 Å². The fourth-order valence-electron chi connectivity index (χ4n) is 3.41. The van der Waals surface area contributed by atoms with Crippen LogP contribution < -0.4 is 10.1 Å². The lowest BCUT2D eigenvalue weighted by Gasteiger charge is -2.52. The minimum atomic E-state index is -0.393. The molecule has 0 aromatic carbocycles. The summed E-state index contributed by atoms with van der Waals surface area (Å²) in [5.74, 6) is 0.746. The molecule has 8 heteroatoms. The largest absolute Gasteiger partial charge is 0.488 e.